The van der Waals surface area contributed by atoms with Crippen LogP contribution in [0.25, 0.3) is 0 Å². The molecule has 0 aromatic heterocycles. The Morgan fingerprint density at radius 1 is 0.800 bits per heavy atom. The van der Waals surface area contributed by atoms with E-state index in [1.807, 2.05) is 0 Å². The zero-order valence-corrected chi connectivity index (χ0v) is 14.1. The molecule has 1 aliphatic heterocycles. The summed E-state index contributed by atoms with van der Waals surface area (Å²) in [7, 11) is 0. The number of epoxide rings is 1. The van der Waals surface area contributed by atoms with Crippen LogP contribution >= 0.6 is 11.6 Å². The Balaban J connectivity index is 0.000000972. The van der Waals surface area contributed by atoms with Crippen molar-refractivity contribution in [3.05, 3.63) is 0 Å². The van der Waals surface area contributed by atoms with Crippen LogP contribution in [0.3, 0.4) is 0 Å². The summed E-state index contributed by atoms with van der Waals surface area (Å²) >= 11 is 5.27. The molecule has 1 unspecified atom stereocenters. The first-order valence-corrected chi connectivity index (χ1v) is 7.67. The highest BCUT2D eigenvalue weighted by atomic mass is 35.5. The Hall–Kier alpha value is -1.95. The number of alkyl halides is 1. The smallest absolute Gasteiger partial charge is 0.317 e. The van der Waals surface area contributed by atoms with E-state index >= 15 is 0 Å². The first-order chi connectivity index (χ1) is 11.6. The Morgan fingerprint density at radius 3 is 1.20 bits per heavy atom. The van der Waals surface area contributed by atoms with Crippen molar-refractivity contribution in [2.45, 2.75) is 6.10 Å². The lowest BCUT2D eigenvalue weighted by atomic mass is 10.4. The van der Waals surface area contributed by atoms with Crippen LogP contribution in [0.1, 0.15) is 0 Å². The third-order valence-electron chi connectivity index (χ3n) is 2.74. The molecule has 1 rings (SSSR count). The van der Waals surface area contributed by atoms with E-state index in [0.29, 0.717) is 12.0 Å². The topological polar surface area (TPSA) is 168 Å². The molecule has 0 aromatic carbocycles. The second kappa shape index (κ2) is 12.4. The number of carbonyl (C=O) groups is 4. The van der Waals surface area contributed by atoms with Gasteiger partial charge in [-0.1, -0.05) is 0 Å². The molecule has 12 heteroatoms. The van der Waals surface area contributed by atoms with Gasteiger partial charge in [-0.05, 0) is 0 Å². The Bertz CT molecular complexity index is 402. The predicted octanol–water partition coefficient (Wildman–Crippen LogP) is -1.45. The largest absolute Gasteiger partial charge is 0.480 e. The Kier molecular flexibility index (Phi) is 11.4. The van der Waals surface area contributed by atoms with Gasteiger partial charge in [-0.2, -0.15) is 0 Å². The van der Waals surface area contributed by atoms with Crippen LogP contribution in [0.4, 0.5) is 0 Å². The van der Waals surface area contributed by atoms with E-state index in [-0.39, 0.29) is 13.1 Å². The van der Waals surface area contributed by atoms with Gasteiger partial charge in [0.25, 0.3) is 0 Å². The van der Waals surface area contributed by atoms with Gasteiger partial charge in [0.2, 0.25) is 0 Å². The first-order valence-electron chi connectivity index (χ1n) is 7.13. The van der Waals surface area contributed by atoms with Crippen molar-refractivity contribution in [2.75, 3.05) is 51.8 Å². The maximum absolute atomic E-state index is 10.6. The summed E-state index contributed by atoms with van der Waals surface area (Å²) in [6.07, 6.45) is 0.400. The van der Waals surface area contributed by atoms with Crippen LogP contribution in [0.15, 0.2) is 0 Å². The molecular weight excluding hydrogens is 364 g/mol. The number of carboxylic acids is 4. The second-order valence-electron chi connectivity index (χ2n) is 5.11. The van der Waals surface area contributed by atoms with Crippen LogP contribution in [0.5, 0.6) is 0 Å². The predicted molar refractivity (Wildman–Crippen MR) is 83.9 cm³/mol. The van der Waals surface area contributed by atoms with Crippen LogP contribution in [0, 0.1) is 0 Å². The molecule has 11 nitrogen and oxygen atoms in total. The van der Waals surface area contributed by atoms with Crippen molar-refractivity contribution in [3.8, 4) is 0 Å². The number of halogens is 1. The van der Waals surface area contributed by atoms with E-state index in [1.54, 1.807) is 0 Å². The van der Waals surface area contributed by atoms with Crippen LogP contribution in [0.2, 0.25) is 0 Å². The first kappa shape index (κ1) is 23.1. The molecule has 1 heterocycles. The van der Waals surface area contributed by atoms with E-state index < -0.39 is 50.1 Å². The lowest BCUT2D eigenvalue weighted by Gasteiger charge is -2.23. The molecule has 0 saturated carbocycles. The summed E-state index contributed by atoms with van der Waals surface area (Å²) in [4.78, 5) is 44.4. The number of nitrogens with zero attached hydrogens (tertiary/aromatic N) is 2. The van der Waals surface area contributed by atoms with Crippen molar-refractivity contribution in [1.29, 1.82) is 0 Å². The van der Waals surface area contributed by atoms with E-state index in [0.717, 1.165) is 16.4 Å². The van der Waals surface area contributed by atoms with Crippen LogP contribution in [-0.4, -0.2) is 112 Å². The van der Waals surface area contributed by atoms with Gasteiger partial charge in [0.15, 0.2) is 0 Å². The average molecular weight is 385 g/mol. The lowest BCUT2D eigenvalue weighted by Crippen LogP contribution is -2.43. The van der Waals surface area contributed by atoms with Gasteiger partial charge in [-0.15, -0.1) is 11.6 Å². The molecule has 144 valence electrons. The summed E-state index contributed by atoms with van der Waals surface area (Å²) < 4.78 is 4.73. The molecule has 1 atom stereocenters. The van der Waals surface area contributed by atoms with Gasteiger partial charge < -0.3 is 25.2 Å². The highest BCUT2D eigenvalue weighted by molar-refractivity contribution is 6.18. The molecule has 4 N–H and O–H groups in total. The monoisotopic (exact) mass is 384 g/mol. The molecule has 25 heavy (non-hydrogen) atoms. The van der Waals surface area contributed by atoms with Crippen LogP contribution < -0.4 is 0 Å². The average Bonchev–Trinajstić information content (AvgIpc) is 3.26. The SMILES string of the molecule is ClCC1CO1.O=C(O)CN(CCN(CC(=O)O)CC(=O)O)CC(=O)O. The third-order valence-corrected chi connectivity index (χ3v) is 3.09. The van der Waals surface area contributed by atoms with Gasteiger partial charge in [0.05, 0.1) is 44.8 Å². The maximum Gasteiger partial charge on any atom is 0.317 e. The molecule has 0 bridgehead atoms. The molecule has 0 radical (unpaired) electrons. The summed E-state index contributed by atoms with van der Waals surface area (Å²) in [6.45, 7) is -1.37. The van der Waals surface area contributed by atoms with E-state index in [9.17, 15) is 19.2 Å². The Morgan fingerprint density at radius 2 is 1.08 bits per heavy atom. The normalized spacial score (nSPS) is 15.4. The molecule has 0 aliphatic carbocycles. The molecular formula is C13H21ClN2O9. The highest BCUT2D eigenvalue weighted by Crippen LogP contribution is 2.08. The van der Waals surface area contributed by atoms with Crippen molar-refractivity contribution < 1.29 is 44.3 Å². The number of carboxylic acid groups (broad SMARTS) is 4. The number of ether oxygens (including phenoxy) is 1. The fourth-order valence-electron chi connectivity index (χ4n) is 1.63. The van der Waals surface area contributed by atoms with E-state index in [4.69, 9.17) is 36.8 Å². The van der Waals surface area contributed by atoms with Gasteiger partial charge in [0.1, 0.15) is 0 Å². The quantitative estimate of drug-likeness (QED) is 0.229. The zero-order valence-electron chi connectivity index (χ0n) is 13.3. The van der Waals surface area contributed by atoms with Crippen molar-refractivity contribution in [1.82, 2.24) is 9.80 Å². The minimum absolute atomic E-state index is 0.0703. The van der Waals surface area contributed by atoms with Gasteiger partial charge in [0, 0.05) is 13.1 Å². The summed E-state index contributed by atoms with van der Waals surface area (Å²) in [5, 5.41) is 34.5. The van der Waals surface area contributed by atoms with E-state index in [1.165, 1.54) is 0 Å². The van der Waals surface area contributed by atoms with Crippen molar-refractivity contribution in [3.63, 3.8) is 0 Å². The minimum atomic E-state index is -1.23. The Labute approximate surface area is 148 Å². The third kappa shape index (κ3) is 15.3. The van der Waals surface area contributed by atoms with Crippen molar-refractivity contribution >= 4 is 35.5 Å². The molecule has 1 aliphatic rings. The van der Waals surface area contributed by atoms with Crippen LogP contribution in [-0.2, 0) is 23.9 Å². The van der Waals surface area contributed by atoms with E-state index in [2.05, 4.69) is 0 Å². The highest BCUT2D eigenvalue weighted by Gasteiger charge is 2.20. The van der Waals surface area contributed by atoms with Gasteiger partial charge in [-0.3, -0.25) is 29.0 Å². The zero-order chi connectivity index (χ0) is 19.4. The molecule has 1 saturated heterocycles. The fraction of sp³-hybridized carbons (Fsp3) is 0.692. The summed E-state index contributed by atoms with van der Waals surface area (Å²) in [5.41, 5.74) is 0. The maximum atomic E-state index is 10.6. The van der Waals surface area contributed by atoms with Crippen molar-refractivity contribution in [2.24, 2.45) is 0 Å². The number of aliphatic carboxylic acids is 4. The number of hydrogen-bond donors (Lipinski definition) is 4. The standard InChI is InChI=1S/C10H16N2O8.C3H5ClO/c13-7(14)3-11(4-8(15)16)1-2-12(5-9(17)18)6-10(19)20;4-1-3-2-5-3/h1-6H2,(H,13,14)(H,15,16)(H,17,18)(H,19,20);3H,1-2H2. The van der Waals surface area contributed by atoms with Gasteiger partial charge in [-0.25, -0.2) is 0 Å². The molecule has 1 fully saturated rings. The number of hydrogen-bond acceptors (Lipinski definition) is 7. The summed E-state index contributed by atoms with van der Waals surface area (Å²) in [6, 6.07) is 0. The van der Waals surface area contributed by atoms with Gasteiger partial charge >= 0.3 is 23.9 Å². The minimum Gasteiger partial charge on any atom is -0.480 e. The number of rotatable bonds is 12. The fourth-order valence-corrected chi connectivity index (χ4v) is 1.81. The summed E-state index contributed by atoms with van der Waals surface area (Å²) in [5.74, 6) is -4.24. The molecule has 0 aromatic rings. The second-order valence-corrected chi connectivity index (χ2v) is 5.41. The lowest BCUT2D eigenvalue weighted by molar-refractivity contribution is -0.145. The molecule has 0 amide bonds. The molecule has 0 spiro atoms.